The van der Waals surface area contributed by atoms with Crippen LogP contribution in [-0.2, 0) is 12.8 Å². The molecule has 0 radical (unpaired) electrons. The molecule has 0 aliphatic carbocycles. The summed E-state index contributed by atoms with van der Waals surface area (Å²) in [6, 6.07) is 13.7. The lowest BCUT2D eigenvalue weighted by atomic mass is 9.85. The maximum Gasteiger partial charge on any atom is 0.0384 e. The summed E-state index contributed by atoms with van der Waals surface area (Å²) < 4.78 is 0. The first-order valence-electron chi connectivity index (χ1n) is 8.68. The predicted molar refractivity (Wildman–Crippen MR) is 101 cm³/mol. The molecular weight excluding hydrogens is 278 g/mol. The van der Waals surface area contributed by atoms with Crippen molar-refractivity contribution in [2.24, 2.45) is 0 Å². The van der Waals surface area contributed by atoms with Crippen molar-refractivity contribution in [3.8, 4) is 0 Å². The van der Waals surface area contributed by atoms with E-state index in [0.29, 0.717) is 6.04 Å². The van der Waals surface area contributed by atoms with Gasteiger partial charge < -0.3 is 5.32 Å². The Hall–Kier alpha value is -2.02. The number of rotatable bonds is 3. The van der Waals surface area contributed by atoms with Gasteiger partial charge in [0.25, 0.3) is 0 Å². The average Bonchev–Trinajstić information content (AvgIpc) is 2.89. The van der Waals surface area contributed by atoms with Crippen LogP contribution in [0.3, 0.4) is 0 Å². The lowest BCUT2D eigenvalue weighted by Crippen LogP contribution is -2.08. The third-order valence-corrected chi connectivity index (χ3v) is 4.94. The van der Waals surface area contributed by atoms with E-state index < -0.39 is 0 Å². The van der Waals surface area contributed by atoms with E-state index in [4.69, 9.17) is 0 Å². The number of anilines is 1. The molecule has 23 heavy (non-hydrogen) atoms. The zero-order valence-electron chi connectivity index (χ0n) is 15.0. The molecule has 1 aliphatic rings. The minimum atomic E-state index is 0.538. The highest BCUT2D eigenvalue weighted by Crippen LogP contribution is 2.38. The molecule has 1 aliphatic heterocycles. The Bertz CT molecular complexity index is 749. The zero-order valence-corrected chi connectivity index (χ0v) is 15.0. The predicted octanol–water partition coefficient (Wildman–Crippen LogP) is 5.76. The quantitative estimate of drug-likeness (QED) is 0.760. The second-order valence-corrected chi connectivity index (χ2v) is 6.90. The molecule has 2 aromatic carbocycles. The van der Waals surface area contributed by atoms with Crippen molar-refractivity contribution < 1.29 is 0 Å². The minimum Gasteiger partial charge on any atom is -0.382 e. The van der Waals surface area contributed by atoms with Crippen LogP contribution in [0.4, 0.5) is 5.69 Å². The van der Waals surface area contributed by atoms with Crippen LogP contribution in [0.25, 0.3) is 5.57 Å². The number of hydrogen-bond acceptors (Lipinski definition) is 1. The molecule has 0 bridgehead atoms. The van der Waals surface area contributed by atoms with Gasteiger partial charge in [0.1, 0.15) is 0 Å². The highest BCUT2D eigenvalue weighted by Gasteiger charge is 2.23. The molecule has 1 atom stereocenters. The molecule has 1 unspecified atom stereocenters. The maximum atomic E-state index is 3.65. The normalized spacial score (nSPS) is 16.0. The second-order valence-electron chi connectivity index (χ2n) is 6.90. The molecule has 2 aromatic rings. The first-order valence-corrected chi connectivity index (χ1v) is 8.68. The zero-order chi connectivity index (χ0) is 16.6. The van der Waals surface area contributed by atoms with Crippen LogP contribution in [0.15, 0.2) is 42.0 Å². The van der Waals surface area contributed by atoms with Gasteiger partial charge in [-0.05, 0) is 80.0 Å². The largest absolute Gasteiger partial charge is 0.382 e. The summed E-state index contributed by atoms with van der Waals surface area (Å²) in [6.45, 7) is 11.3. The van der Waals surface area contributed by atoms with E-state index >= 15 is 0 Å². The summed E-state index contributed by atoms with van der Waals surface area (Å²) >= 11 is 0. The number of benzene rings is 2. The van der Waals surface area contributed by atoms with Gasteiger partial charge in [-0.25, -0.2) is 0 Å². The Labute approximate surface area is 140 Å². The van der Waals surface area contributed by atoms with Crippen molar-refractivity contribution in [1.29, 1.82) is 0 Å². The first-order chi connectivity index (χ1) is 11.0. The lowest BCUT2D eigenvalue weighted by Gasteiger charge is -2.20. The summed E-state index contributed by atoms with van der Waals surface area (Å²) in [5.74, 6) is 0. The number of allylic oxidation sites excluding steroid dienone is 1. The molecule has 0 spiro atoms. The highest BCUT2D eigenvalue weighted by molar-refractivity contribution is 5.86. The lowest BCUT2D eigenvalue weighted by molar-refractivity contribution is 0.834. The first kappa shape index (κ1) is 15.9. The van der Waals surface area contributed by atoms with Crippen LogP contribution in [-0.4, -0.2) is 6.04 Å². The molecule has 120 valence electrons. The fourth-order valence-electron chi connectivity index (χ4n) is 3.92. The van der Waals surface area contributed by atoms with Gasteiger partial charge in [-0.15, -0.1) is 0 Å². The van der Waals surface area contributed by atoms with E-state index in [9.17, 15) is 0 Å². The minimum absolute atomic E-state index is 0.538. The van der Waals surface area contributed by atoms with Crippen molar-refractivity contribution in [2.75, 3.05) is 5.32 Å². The van der Waals surface area contributed by atoms with E-state index in [1.807, 2.05) is 0 Å². The number of nitrogens with one attached hydrogen (secondary N) is 1. The van der Waals surface area contributed by atoms with Crippen LogP contribution in [0, 0.1) is 6.92 Å². The summed E-state index contributed by atoms with van der Waals surface area (Å²) in [4.78, 5) is 0. The number of fused-ring (bicyclic) bond motifs is 1. The van der Waals surface area contributed by atoms with Crippen molar-refractivity contribution in [2.45, 2.75) is 53.5 Å². The summed E-state index contributed by atoms with van der Waals surface area (Å²) in [5, 5.41) is 3.65. The van der Waals surface area contributed by atoms with Gasteiger partial charge in [-0.2, -0.15) is 0 Å². The third kappa shape index (κ3) is 2.81. The molecule has 0 fully saturated rings. The average molecular weight is 305 g/mol. The molecule has 1 heterocycles. The molecule has 1 N–H and O–H groups in total. The Morgan fingerprint density at radius 1 is 1.17 bits per heavy atom. The van der Waals surface area contributed by atoms with Gasteiger partial charge in [0.2, 0.25) is 0 Å². The van der Waals surface area contributed by atoms with Crippen LogP contribution in [0.1, 0.15) is 55.5 Å². The van der Waals surface area contributed by atoms with Crippen molar-refractivity contribution >= 4 is 11.3 Å². The molecule has 0 saturated carbocycles. The van der Waals surface area contributed by atoms with E-state index in [2.05, 4.69) is 76.3 Å². The van der Waals surface area contributed by atoms with Gasteiger partial charge in [0.15, 0.2) is 0 Å². The molecule has 0 saturated heterocycles. The molecule has 1 nitrogen and oxygen atoms in total. The van der Waals surface area contributed by atoms with Gasteiger partial charge >= 0.3 is 0 Å². The smallest absolute Gasteiger partial charge is 0.0384 e. The van der Waals surface area contributed by atoms with Crippen LogP contribution in [0.2, 0.25) is 0 Å². The summed E-state index contributed by atoms with van der Waals surface area (Å²) in [7, 11) is 0. The highest BCUT2D eigenvalue weighted by atomic mass is 14.9. The fraction of sp³-hybridized carbons (Fsp3) is 0.364. The van der Waals surface area contributed by atoms with Gasteiger partial charge in [-0.1, -0.05) is 42.8 Å². The van der Waals surface area contributed by atoms with Crippen LogP contribution < -0.4 is 5.32 Å². The van der Waals surface area contributed by atoms with E-state index in [-0.39, 0.29) is 0 Å². The topological polar surface area (TPSA) is 12.0 Å². The molecule has 0 amide bonds. The monoisotopic (exact) mass is 305 g/mol. The number of hydrogen-bond donors (Lipinski definition) is 1. The van der Waals surface area contributed by atoms with Crippen molar-refractivity contribution in [3.63, 3.8) is 0 Å². The maximum absolute atomic E-state index is 3.65. The van der Waals surface area contributed by atoms with Gasteiger partial charge in [0, 0.05) is 11.7 Å². The standard InChI is InChI=1S/C22H27N/c1-6-18-16(5)19-12-15(4)23-21(19)13-20(18)22(14(2)3)17-10-8-7-9-11-17/h7-11,13,15,23H,6,12H2,1-5H3. The van der Waals surface area contributed by atoms with E-state index in [0.717, 1.165) is 12.8 Å². The summed E-state index contributed by atoms with van der Waals surface area (Å²) in [6.07, 6.45) is 2.22. The van der Waals surface area contributed by atoms with Gasteiger partial charge in [0.05, 0.1) is 0 Å². The molecule has 1 heteroatoms. The van der Waals surface area contributed by atoms with Crippen molar-refractivity contribution in [3.05, 3.63) is 69.8 Å². The third-order valence-electron chi connectivity index (χ3n) is 4.94. The van der Waals surface area contributed by atoms with Crippen LogP contribution >= 0.6 is 0 Å². The molecule has 3 rings (SSSR count). The Kier molecular flexibility index (Phi) is 4.30. The molecular formula is C22H27N. The van der Waals surface area contributed by atoms with Crippen LogP contribution in [0.5, 0.6) is 0 Å². The Morgan fingerprint density at radius 3 is 2.48 bits per heavy atom. The SMILES string of the molecule is CCc1c(C(=C(C)C)c2ccccc2)cc2c(c1C)CC(C)N2. The fourth-order valence-corrected chi connectivity index (χ4v) is 3.92. The second kappa shape index (κ2) is 6.23. The van der Waals surface area contributed by atoms with E-state index in [1.165, 1.54) is 44.7 Å². The van der Waals surface area contributed by atoms with Gasteiger partial charge in [-0.3, -0.25) is 0 Å². The summed E-state index contributed by atoms with van der Waals surface area (Å²) in [5.41, 5.74) is 11.3. The Morgan fingerprint density at radius 2 is 1.87 bits per heavy atom. The Balaban J connectivity index is 2.25. The van der Waals surface area contributed by atoms with Crippen molar-refractivity contribution in [1.82, 2.24) is 0 Å². The van der Waals surface area contributed by atoms with E-state index in [1.54, 1.807) is 0 Å². The molecule has 0 aromatic heterocycles.